The Morgan fingerprint density at radius 3 is 1.92 bits per heavy atom. The predicted octanol–water partition coefficient (Wildman–Crippen LogP) is 10.8. The molecular formula is C36H22BrNO. The first-order chi connectivity index (χ1) is 19.2. The topological polar surface area (TPSA) is 18.1 Å². The number of benzene rings is 6. The largest absolute Gasteiger partial charge is 0.456 e. The van der Waals surface area contributed by atoms with Crippen molar-refractivity contribution in [1.29, 1.82) is 0 Å². The smallest absolute Gasteiger partial charge is 0.137 e. The van der Waals surface area contributed by atoms with Crippen molar-refractivity contribution in [3.63, 3.8) is 0 Å². The maximum atomic E-state index is 6.25. The van der Waals surface area contributed by atoms with Gasteiger partial charge in [-0.1, -0.05) is 107 Å². The summed E-state index contributed by atoms with van der Waals surface area (Å²) in [7, 11) is 0. The van der Waals surface area contributed by atoms with Gasteiger partial charge in [-0.2, -0.15) is 0 Å². The number of hydrogen-bond acceptors (Lipinski definition) is 1. The van der Waals surface area contributed by atoms with E-state index in [4.69, 9.17) is 4.42 Å². The predicted molar refractivity (Wildman–Crippen MR) is 167 cm³/mol. The molecule has 8 rings (SSSR count). The first-order valence-corrected chi connectivity index (χ1v) is 13.8. The summed E-state index contributed by atoms with van der Waals surface area (Å²) in [5, 5.41) is 4.76. The van der Waals surface area contributed by atoms with Crippen LogP contribution in [0.1, 0.15) is 0 Å². The molecule has 0 saturated carbocycles. The van der Waals surface area contributed by atoms with Crippen LogP contribution in [0.2, 0.25) is 0 Å². The fourth-order valence-corrected chi connectivity index (χ4v) is 6.27. The van der Waals surface area contributed by atoms with Gasteiger partial charge in [0.05, 0.1) is 22.1 Å². The van der Waals surface area contributed by atoms with E-state index in [1.807, 2.05) is 12.1 Å². The third kappa shape index (κ3) is 3.54. The number of nitrogens with zero attached hydrogens (tertiary/aromatic N) is 1. The summed E-state index contributed by atoms with van der Waals surface area (Å²) in [6.07, 6.45) is 0. The fraction of sp³-hybridized carbons (Fsp3) is 0. The van der Waals surface area contributed by atoms with Crippen molar-refractivity contribution >= 4 is 59.7 Å². The van der Waals surface area contributed by atoms with E-state index < -0.39 is 0 Å². The summed E-state index contributed by atoms with van der Waals surface area (Å²) in [4.78, 5) is 0. The lowest BCUT2D eigenvalue weighted by Gasteiger charge is -2.11. The molecule has 0 radical (unpaired) electrons. The van der Waals surface area contributed by atoms with Gasteiger partial charge >= 0.3 is 0 Å². The zero-order valence-corrected chi connectivity index (χ0v) is 22.5. The van der Waals surface area contributed by atoms with Crippen molar-refractivity contribution < 1.29 is 4.42 Å². The van der Waals surface area contributed by atoms with Crippen LogP contribution in [0.3, 0.4) is 0 Å². The van der Waals surface area contributed by atoms with Crippen LogP contribution in [-0.2, 0) is 0 Å². The van der Waals surface area contributed by atoms with Crippen LogP contribution in [0.15, 0.2) is 142 Å². The van der Waals surface area contributed by atoms with Crippen molar-refractivity contribution in [2.45, 2.75) is 0 Å². The number of halogens is 1. The summed E-state index contributed by atoms with van der Waals surface area (Å²) in [6.45, 7) is 0. The second-order valence-corrected chi connectivity index (χ2v) is 10.8. The Morgan fingerprint density at radius 2 is 1.10 bits per heavy atom. The lowest BCUT2D eigenvalue weighted by atomic mass is 9.99. The number of rotatable bonds is 3. The molecule has 0 atom stereocenters. The molecule has 0 aliphatic heterocycles. The van der Waals surface area contributed by atoms with Crippen molar-refractivity contribution in [2.24, 2.45) is 0 Å². The Kier molecular flexibility index (Phi) is 5.01. The Labute approximate surface area is 233 Å². The fourth-order valence-electron chi connectivity index (χ4n) is 5.88. The van der Waals surface area contributed by atoms with Crippen molar-refractivity contribution in [3.05, 3.63) is 138 Å². The third-order valence-electron chi connectivity index (χ3n) is 7.67. The van der Waals surface area contributed by atoms with Crippen LogP contribution in [-0.4, -0.2) is 4.57 Å². The minimum atomic E-state index is 0.902. The van der Waals surface area contributed by atoms with E-state index in [-0.39, 0.29) is 0 Å². The molecule has 2 nitrogen and oxygen atoms in total. The van der Waals surface area contributed by atoms with Crippen molar-refractivity contribution in [2.75, 3.05) is 0 Å². The Morgan fingerprint density at radius 1 is 0.462 bits per heavy atom. The Hall–Kier alpha value is -4.60. The molecule has 3 heteroatoms. The van der Waals surface area contributed by atoms with Crippen molar-refractivity contribution in [3.8, 4) is 27.9 Å². The average molecular weight is 564 g/mol. The van der Waals surface area contributed by atoms with Crippen LogP contribution in [0, 0.1) is 0 Å². The molecule has 2 aromatic heterocycles. The molecule has 0 bridgehead atoms. The SMILES string of the molecule is Brc1cccc(-c2ccc(-c3ccc4c5ccccc5n(-c5cccc6oc7ccccc7c56)c4c3)cc2)c1. The van der Waals surface area contributed by atoms with E-state index in [1.165, 1.54) is 44.1 Å². The second-order valence-electron chi connectivity index (χ2n) is 9.92. The van der Waals surface area contributed by atoms with Gasteiger partial charge in [-0.3, -0.25) is 0 Å². The normalized spacial score (nSPS) is 11.7. The lowest BCUT2D eigenvalue weighted by Crippen LogP contribution is -1.94. The minimum absolute atomic E-state index is 0.902. The molecule has 39 heavy (non-hydrogen) atoms. The number of fused-ring (bicyclic) bond motifs is 6. The molecule has 0 spiro atoms. The zero-order chi connectivity index (χ0) is 25.9. The van der Waals surface area contributed by atoms with Gasteiger partial charge in [0.2, 0.25) is 0 Å². The van der Waals surface area contributed by atoms with Crippen molar-refractivity contribution in [1.82, 2.24) is 4.57 Å². The number of furan rings is 1. The third-order valence-corrected chi connectivity index (χ3v) is 8.16. The molecule has 0 aliphatic rings. The van der Waals surface area contributed by atoms with Crippen LogP contribution >= 0.6 is 15.9 Å². The van der Waals surface area contributed by atoms with Gasteiger partial charge in [-0.05, 0) is 64.7 Å². The summed E-state index contributed by atoms with van der Waals surface area (Å²) < 4.78 is 9.73. The molecular weight excluding hydrogens is 542 g/mol. The number of hydrogen-bond donors (Lipinski definition) is 0. The highest BCUT2D eigenvalue weighted by molar-refractivity contribution is 9.10. The van der Waals surface area contributed by atoms with Gasteiger partial charge in [0, 0.05) is 20.6 Å². The summed E-state index contributed by atoms with van der Waals surface area (Å²) in [6, 6.07) is 47.4. The van der Waals surface area contributed by atoms with E-state index in [2.05, 4.69) is 142 Å². The van der Waals surface area contributed by atoms with Crippen LogP contribution in [0.25, 0.3) is 71.7 Å². The summed E-state index contributed by atoms with van der Waals surface area (Å²) >= 11 is 3.59. The molecule has 0 N–H and O–H groups in total. The van der Waals surface area contributed by atoms with Crippen LogP contribution in [0.4, 0.5) is 0 Å². The molecule has 0 unspecified atom stereocenters. The molecule has 0 amide bonds. The summed E-state index contributed by atoms with van der Waals surface area (Å²) in [5.41, 5.74) is 10.1. The van der Waals surface area contributed by atoms with Gasteiger partial charge in [-0.15, -0.1) is 0 Å². The molecule has 0 aliphatic carbocycles. The van der Waals surface area contributed by atoms with Crippen LogP contribution in [0.5, 0.6) is 0 Å². The van der Waals surface area contributed by atoms with Crippen LogP contribution < -0.4 is 0 Å². The zero-order valence-electron chi connectivity index (χ0n) is 20.9. The first-order valence-electron chi connectivity index (χ1n) is 13.0. The molecule has 2 heterocycles. The highest BCUT2D eigenvalue weighted by Crippen LogP contribution is 2.39. The number of para-hydroxylation sites is 2. The van der Waals surface area contributed by atoms with E-state index >= 15 is 0 Å². The molecule has 184 valence electrons. The minimum Gasteiger partial charge on any atom is -0.456 e. The van der Waals surface area contributed by atoms with E-state index in [9.17, 15) is 0 Å². The second kappa shape index (κ2) is 8.72. The monoisotopic (exact) mass is 563 g/mol. The Bertz CT molecular complexity index is 2180. The molecule has 6 aromatic carbocycles. The molecule has 0 fully saturated rings. The highest BCUT2D eigenvalue weighted by Gasteiger charge is 2.18. The van der Waals surface area contributed by atoms with E-state index in [0.717, 1.165) is 32.1 Å². The maximum absolute atomic E-state index is 6.25. The average Bonchev–Trinajstić information content (AvgIpc) is 3.53. The molecule has 8 aromatic rings. The molecule has 0 saturated heterocycles. The first kappa shape index (κ1) is 22.4. The van der Waals surface area contributed by atoms with E-state index in [0.29, 0.717) is 0 Å². The Balaban J connectivity index is 1.36. The lowest BCUT2D eigenvalue weighted by molar-refractivity contribution is 0.669. The number of aromatic nitrogens is 1. The standard InChI is InChI=1S/C36H22BrNO/c37-27-8-5-7-25(21-27)23-15-17-24(18-16-23)26-19-20-29-28-9-1-3-11-31(28)38(33(29)22-26)32-12-6-14-35-36(32)30-10-2-4-13-34(30)39-35/h1-22H. The van der Waals surface area contributed by atoms with E-state index in [1.54, 1.807) is 0 Å². The highest BCUT2D eigenvalue weighted by atomic mass is 79.9. The van der Waals surface area contributed by atoms with Gasteiger partial charge < -0.3 is 8.98 Å². The van der Waals surface area contributed by atoms with Gasteiger partial charge in [0.15, 0.2) is 0 Å². The van der Waals surface area contributed by atoms with Gasteiger partial charge in [-0.25, -0.2) is 0 Å². The maximum Gasteiger partial charge on any atom is 0.137 e. The van der Waals surface area contributed by atoms with Gasteiger partial charge in [0.25, 0.3) is 0 Å². The van der Waals surface area contributed by atoms with Gasteiger partial charge in [0.1, 0.15) is 11.2 Å². The summed E-state index contributed by atoms with van der Waals surface area (Å²) in [5.74, 6) is 0. The quantitative estimate of drug-likeness (QED) is 0.209.